The number of alkyl carbamates (subject to hydrolysis) is 1. The van der Waals surface area contributed by atoms with Crippen LogP contribution in [0.1, 0.15) is 54.4 Å². The molecule has 23 heavy (non-hydrogen) atoms. The van der Waals surface area contributed by atoms with Crippen molar-refractivity contribution in [3.05, 3.63) is 0 Å². The van der Waals surface area contributed by atoms with E-state index in [1.165, 1.54) is 0 Å². The van der Waals surface area contributed by atoms with Gasteiger partial charge in [-0.3, -0.25) is 4.79 Å². The van der Waals surface area contributed by atoms with Gasteiger partial charge in [-0.1, -0.05) is 13.8 Å². The van der Waals surface area contributed by atoms with Crippen LogP contribution in [0.3, 0.4) is 0 Å². The number of hydrogen-bond donors (Lipinski definition) is 2. The number of likely N-dealkylation sites (tertiary alicyclic amines) is 1. The molecule has 6 nitrogen and oxygen atoms in total. The molecule has 2 amide bonds. The number of ether oxygens (including phenoxy) is 1. The third-order valence-electron chi connectivity index (χ3n) is 4.06. The number of rotatable bonds is 5. The standard InChI is InChI=1S/C17H33N3O3/c1-12(2)15(11-18-16(22)23-17(4,5)6)19-14-7-9-20(10-8-14)13(3)21/h12,14-15,19H,7-11H2,1-6H3,(H,18,22). The van der Waals surface area contributed by atoms with Crippen molar-refractivity contribution in [3.8, 4) is 0 Å². The van der Waals surface area contributed by atoms with Gasteiger partial charge < -0.3 is 20.3 Å². The van der Waals surface area contributed by atoms with E-state index < -0.39 is 5.60 Å². The SMILES string of the molecule is CC(=O)N1CCC(NC(CNC(=O)OC(C)(C)C)C(C)C)CC1. The maximum atomic E-state index is 11.8. The summed E-state index contributed by atoms with van der Waals surface area (Å²) in [6.45, 7) is 13.6. The van der Waals surface area contributed by atoms with E-state index in [4.69, 9.17) is 4.74 Å². The molecule has 0 bridgehead atoms. The summed E-state index contributed by atoms with van der Waals surface area (Å²) in [6, 6.07) is 0.579. The van der Waals surface area contributed by atoms with Crippen LogP contribution in [0.15, 0.2) is 0 Å². The van der Waals surface area contributed by atoms with Gasteiger partial charge in [0.25, 0.3) is 0 Å². The minimum Gasteiger partial charge on any atom is -0.444 e. The molecule has 0 saturated carbocycles. The first-order valence-electron chi connectivity index (χ1n) is 8.57. The van der Waals surface area contributed by atoms with E-state index in [1.807, 2.05) is 25.7 Å². The van der Waals surface area contributed by atoms with Crippen molar-refractivity contribution >= 4 is 12.0 Å². The summed E-state index contributed by atoms with van der Waals surface area (Å²) in [5, 5.41) is 6.47. The van der Waals surface area contributed by atoms with E-state index in [0.717, 1.165) is 25.9 Å². The molecule has 1 fully saturated rings. The number of piperidine rings is 1. The fraction of sp³-hybridized carbons (Fsp3) is 0.882. The van der Waals surface area contributed by atoms with Crippen LogP contribution < -0.4 is 10.6 Å². The van der Waals surface area contributed by atoms with Crippen molar-refractivity contribution in [3.63, 3.8) is 0 Å². The molecule has 1 rings (SSSR count). The first kappa shape index (κ1) is 19.7. The molecule has 1 saturated heterocycles. The summed E-state index contributed by atoms with van der Waals surface area (Å²) < 4.78 is 5.28. The van der Waals surface area contributed by atoms with Gasteiger partial charge in [0, 0.05) is 38.6 Å². The van der Waals surface area contributed by atoms with Crippen molar-refractivity contribution in [1.29, 1.82) is 0 Å². The first-order valence-corrected chi connectivity index (χ1v) is 8.57. The number of nitrogens with zero attached hydrogens (tertiary/aromatic N) is 1. The molecule has 2 N–H and O–H groups in total. The zero-order valence-electron chi connectivity index (χ0n) is 15.4. The Balaban J connectivity index is 2.41. The van der Waals surface area contributed by atoms with Crippen LogP contribution in [0.5, 0.6) is 0 Å². The van der Waals surface area contributed by atoms with Crippen LogP contribution in [0, 0.1) is 5.92 Å². The van der Waals surface area contributed by atoms with Gasteiger partial charge in [-0.05, 0) is 39.5 Å². The quantitative estimate of drug-likeness (QED) is 0.811. The molecule has 0 aliphatic carbocycles. The number of amides is 2. The predicted octanol–water partition coefficient (Wildman–Crippen LogP) is 2.14. The molecular formula is C17H33N3O3. The minimum atomic E-state index is -0.482. The van der Waals surface area contributed by atoms with E-state index >= 15 is 0 Å². The smallest absolute Gasteiger partial charge is 0.407 e. The van der Waals surface area contributed by atoms with Gasteiger partial charge in [0.15, 0.2) is 0 Å². The Labute approximate surface area is 140 Å². The molecule has 1 heterocycles. The molecule has 1 aliphatic heterocycles. The minimum absolute atomic E-state index is 0.149. The van der Waals surface area contributed by atoms with Gasteiger partial charge in [-0.25, -0.2) is 4.79 Å². The van der Waals surface area contributed by atoms with Crippen LogP contribution in [0.25, 0.3) is 0 Å². The van der Waals surface area contributed by atoms with Crippen LogP contribution in [0.4, 0.5) is 4.79 Å². The topological polar surface area (TPSA) is 70.7 Å². The highest BCUT2D eigenvalue weighted by atomic mass is 16.6. The lowest BCUT2D eigenvalue weighted by atomic mass is 9.99. The number of hydrogen-bond acceptors (Lipinski definition) is 4. The van der Waals surface area contributed by atoms with Crippen molar-refractivity contribution in [2.75, 3.05) is 19.6 Å². The molecular weight excluding hydrogens is 294 g/mol. The summed E-state index contributed by atoms with van der Waals surface area (Å²) in [7, 11) is 0. The third kappa shape index (κ3) is 7.68. The molecule has 0 aromatic carbocycles. The lowest BCUT2D eigenvalue weighted by Gasteiger charge is -2.35. The van der Waals surface area contributed by atoms with Crippen molar-refractivity contribution in [1.82, 2.24) is 15.5 Å². The molecule has 1 aliphatic rings. The highest BCUT2D eigenvalue weighted by Crippen LogP contribution is 2.13. The lowest BCUT2D eigenvalue weighted by Crippen LogP contribution is -2.52. The third-order valence-corrected chi connectivity index (χ3v) is 4.06. The van der Waals surface area contributed by atoms with E-state index in [2.05, 4.69) is 24.5 Å². The second-order valence-corrected chi connectivity index (χ2v) is 7.68. The molecule has 1 atom stereocenters. The Bertz CT molecular complexity index is 396. The summed E-state index contributed by atoms with van der Waals surface area (Å²) in [5.74, 6) is 0.547. The van der Waals surface area contributed by atoms with Crippen molar-refractivity contribution in [2.24, 2.45) is 5.92 Å². The molecule has 6 heteroatoms. The molecule has 0 radical (unpaired) electrons. The maximum Gasteiger partial charge on any atom is 0.407 e. The normalized spacial score (nSPS) is 18.0. The first-order chi connectivity index (χ1) is 10.6. The van der Waals surface area contributed by atoms with E-state index in [0.29, 0.717) is 18.5 Å². The second kappa shape index (κ2) is 8.52. The Morgan fingerprint density at radius 2 is 1.78 bits per heavy atom. The summed E-state index contributed by atoms with van der Waals surface area (Å²) in [6.07, 6.45) is 1.53. The maximum absolute atomic E-state index is 11.8. The largest absolute Gasteiger partial charge is 0.444 e. The fourth-order valence-electron chi connectivity index (χ4n) is 2.66. The Morgan fingerprint density at radius 1 is 1.22 bits per heavy atom. The summed E-state index contributed by atoms with van der Waals surface area (Å²) in [5.41, 5.74) is -0.482. The molecule has 0 spiro atoms. The molecule has 1 unspecified atom stereocenters. The second-order valence-electron chi connectivity index (χ2n) is 7.68. The Kier molecular flexibility index (Phi) is 7.32. The van der Waals surface area contributed by atoms with Crippen molar-refractivity contribution in [2.45, 2.75) is 72.1 Å². The highest BCUT2D eigenvalue weighted by Gasteiger charge is 2.25. The number of carbonyl (C=O) groups is 2. The molecule has 0 aromatic heterocycles. The van der Waals surface area contributed by atoms with Crippen LogP contribution in [-0.2, 0) is 9.53 Å². The average Bonchev–Trinajstić information content (AvgIpc) is 2.41. The highest BCUT2D eigenvalue weighted by molar-refractivity contribution is 5.73. The average molecular weight is 327 g/mol. The Hall–Kier alpha value is -1.30. The molecule has 134 valence electrons. The van der Waals surface area contributed by atoms with Gasteiger partial charge in [-0.2, -0.15) is 0 Å². The fourth-order valence-corrected chi connectivity index (χ4v) is 2.66. The van der Waals surface area contributed by atoms with Gasteiger partial charge in [0.2, 0.25) is 5.91 Å². The van der Waals surface area contributed by atoms with Gasteiger partial charge in [0.05, 0.1) is 0 Å². The van der Waals surface area contributed by atoms with Crippen LogP contribution >= 0.6 is 0 Å². The van der Waals surface area contributed by atoms with Crippen LogP contribution in [0.2, 0.25) is 0 Å². The van der Waals surface area contributed by atoms with Gasteiger partial charge in [-0.15, -0.1) is 0 Å². The monoisotopic (exact) mass is 327 g/mol. The predicted molar refractivity (Wildman–Crippen MR) is 91.3 cm³/mol. The zero-order chi connectivity index (χ0) is 17.6. The zero-order valence-corrected chi connectivity index (χ0v) is 15.4. The van der Waals surface area contributed by atoms with Crippen LogP contribution in [-0.4, -0.2) is 54.2 Å². The Morgan fingerprint density at radius 3 is 2.22 bits per heavy atom. The summed E-state index contributed by atoms with van der Waals surface area (Å²) in [4.78, 5) is 25.1. The summed E-state index contributed by atoms with van der Waals surface area (Å²) >= 11 is 0. The van der Waals surface area contributed by atoms with E-state index in [9.17, 15) is 9.59 Å². The van der Waals surface area contributed by atoms with Crippen molar-refractivity contribution < 1.29 is 14.3 Å². The van der Waals surface area contributed by atoms with E-state index in [-0.39, 0.29) is 18.0 Å². The van der Waals surface area contributed by atoms with Gasteiger partial charge >= 0.3 is 6.09 Å². The lowest BCUT2D eigenvalue weighted by molar-refractivity contribution is -0.129. The number of carbonyl (C=O) groups excluding carboxylic acids is 2. The van der Waals surface area contributed by atoms with E-state index in [1.54, 1.807) is 6.92 Å². The van der Waals surface area contributed by atoms with Gasteiger partial charge in [0.1, 0.15) is 5.60 Å². The molecule has 0 aromatic rings. The number of nitrogens with one attached hydrogen (secondary N) is 2.